The summed E-state index contributed by atoms with van der Waals surface area (Å²) in [5, 5.41) is 6.81. The Labute approximate surface area is 179 Å². The van der Waals surface area contributed by atoms with Crippen molar-refractivity contribution in [1.29, 1.82) is 0 Å². The number of hydrogen-bond acceptors (Lipinski definition) is 6. The number of aryl methyl sites for hydroxylation is 2. The lowest BCUT2D eigenvalue weighted by Gasteiger charge is -2.34. The Hall–Kier alpha value is -2.22. The number of amides is 1. The van der Waals surface area contributed by atoms with Crippen molar-refractivity contribution in [2.75, 3.05) is 26.2 Å². The van der Waals surface area contributed by atoms with Crippen molar-refractivity contribution >= 4 is 28.8 Å². The predicted molar refractivity (Wildman–Crippen MR) is 114 cm³/mol. The summed E-state index contributed by atoms with van der Waals surface area (Å²) >= 11 is 7.77. The molecule has 0 atom stereocenters. The molecule has 0 saturated carbocycles. The van der Waals surface area contributed by atoms with Crippen LogP contribution in [0.4, 0.5) is 0 Å². The molecule has 3 aromatic rings. The molecule has 152 valence electrons. The zero-order valence-corrected chi connectivity index (χ0v) is 17.9. The Kier molecular flexibility index (Phi) is 6.28. The smallest absolute Gasteiger partial charge is 0.241 e. The molecular formula is C21H23ClN4O2S. The van der Waals surface area contributed by atoms with Crippen molar-refractivity contribution in [1.82, 2.24) is 19.9 Å². The highest BCUT2D eigenvalue weighted by molar-refractivity contribution is 7.13. The monoisotopic (exact) mass is 430 g/mol. The Morgan fingerprint density at radius 1 is 1.24 bits per heavy atom. The van der Waals surface area contributed by atoms with Crippen LogP contribution in [0.25, 0.3) is 10.7 Å². The highest BCUT2D eigenvalue weighted by atomic mass is 35.5. The number of aromatic nitrogens is 2. The number of nitrogens with zero attached hydrogens (tertiary/aromatic N) is 4. The van der Waals surface area contributed by atoms with E-state index < -0.39 is 0 Å². The van der Waals surface area contributed by atoms with Crippen LogP contribution in [0.3, 0.4) is 0 Å². The van der Waals surface area contributed by atoms with Crippen molar-refractivity contribution < 1.29 is 9.32 Å². The van der Waals surface area contributed by atoms with E-state index in [1.54, 1.807) is 11.3 Å². The van der Waals surface area contributed by atoms with E-state index in [0.29, 0.717) is 31.1 Å². The predicted octanol–water partition coefficient (Wildman–Crippen LogP) is 4.04. The first-order valence-corrected chi connectivity index (χ1v) is 11.0. The second kappa shape index (κ2) is 9.07. The molecule has 0 radical (unpaired) electrons. The van der Waals surface area contributed by atoms with Gasteiger partial charge in [-0.1, -0.05) is 35.0 Å². The van der Waals surface area contributed by atoms with E-state index in [0.717, 1.165) is 47.2 Å². The number of halogens is 1. The number of rotatable bonds is 6. The number of hydrogen-bond donors (Lipinski definition) is 0. The first kappa shape index (κ1) is 20.1. The fourth-order valence-electron chi connectivity index (χ4n) is 3.37. The van der Waals surface area contributed by atoms with Crippen LogP contribution in [0.2, 0.25) is 5.02 Å². The van der Waals surface area contributed by atoms with E-state index in [2.05, 4.69) is 15.0 Å². The third-order valence-corrected chi connectivity index (χ3v) is 6.43. The van der Waals surface area contributed by atoms with Gasteiger partial charge in [-0.25, -0.2) is 0 Å². The number of piperazine rings is 1. The van der Waals surface area contributed by atoms with Gasteiger partial charge in [0.05, 0.1) is 11.4 Å². The molecule has 0 unspecified atom stereocenters. The zero-order valence-electron chi connectivity index (χ0n) is 16.3. The van der Waals surface area contributed by atoms with E-state index >= 15 is 0 Å². The lowest BCUT2D eigenvalue weighted by Crippen LogP contribution is -2.48. The molecule has 29 heavy (non-hydrogen) atoms. The maximum Gasteiger partial charge on any atom is 0.241 e. The SMILES string of the molecule is Cc1ccc(CCC(=O)N2CCN(Cc3nc(-c4cccs4)no3)CC2)cc1Cl. The molecule has 1 aliphatic rings. The molecule has 0 N–H and O–H groups in total. The molecule has 0 bridgehead atoms. The summed E-state index contributed by atoms with van der Waals surface area (Å²) in [7, 11) is 0. The van der Waals surface area contributed by atoms with Crippen molar-refractivity contribution in [3.05, 3.63) is 57.8 Å². The molecule has 1 aliphatic heterocycles. The van der Waals surface area contributed by atoms with Crippen molar-refractivity contribution in [3.8, 4) is 10.7 Å². The zero-order chi connectivity index (χ0) is 20.2. The van der Waals surface area contributed by atoms with Gasteiger partial charge in [-0.3, -0.25) is 9.69 Å². The van der Waals surface area contributed by atoms with Crippen LogP contribution in [0.15, 0.2) is 40.2 Å². The first-order chi connectivity index (χ1) is 14.1. The largest absolute Gasteiger partial charge is 0.340 e. The van der Waals surface area contributed by atoms with Crippen molar-refractivity contribution in [3.63, 3.8) is 0 Å². The average Bonchev–Trinajstić information content (AvgIpc) is 3.41. The minimum absolute atomic E-state index is 0.194. The normalized spacial score (nSPS) is 15.0. The second-order valence-corrected chi connectivity index (χ2v) is 8.58. The fraction of sp³-hybridized carbons (Fsp3) is 0.381. The Bertz CT molecular complexity index is 965. The lowest BCUT2D eigenvalue weighted by molar-refractivity contribution is -0.133. The molecule has 1 aromatic carbocycles. The van der Waals surface area contributed by atoms with E-state index in [1.807, 2.05) is 47.5 Å². The van der Waals surface area contributed by atoms with Crippen molar-refractivity contribution in [2.24, 2.45) is 0 Å². The summed E-state index contributed by atoms with van der Waals surface area (Å²) in [6, 6.07) is 9.95. The van der Waals surface area contributed by atoms with Crippen molar-refractivity contribution in [2.45, 2.75) is 26.3 Å². The van der Waals surface area contributed by atoms with Gasteiger partial charge in [0.15, 0.2) is 0 Å². The average molecular weight is 431 g/mol. The lowest BCUT2D eigenvalue weighted by atomic mass is 10.1. The standard InChI is InChI=1S/C21H23ClN4O2S/c1-15-4-5-16(13-17(15)22)6-7-20(27)26-10-8-25(9-11-26)14-19-23-21(24-28-19)18-3-2-12-29-18/h2-5,12-13H,6-11,14H2,1H3. The molecule has 1 fully saturated rings. The first-order valence-electron chi connectivity index (χ1n) is 9.70. The number of carbonyl (C=O) groups excluding carboxylic acids is 1. The Morgan fingerprint density at radius 3 is 2.79 bits per heavy atom. The van der Waals surface area contributed by atoms with Crippen LogP contribution in [-0.4, -0.2) is 52.0 Å². The number of benzene rings is 1. The van der Waals surface area contributed by atoms with Gasteiger partial charge in [-0.05, 0) is 42.0 Å². The summed E-state index contributed by atoms with van der Waals surface area (Å²) in [6.45, 7) is 5.65. The third kappa shape index (κ3) is 5.04. The second-order valence-electron chi connectivity index (χ2n) is 7.23. The molecule has 0 aliphatic carbocycles. The van der Waals surface area contributed by atoms with E-state index in [4.69, 9.17) is 16.1 Å². The minimum atomic E-state index is 0.194. The van der Waals surface area contributed by atoms with Gasteiger partial charge < -0.3 is 9.42 Å². The van der Waals surface area contributed by atoms with Crippen LogP contribution >= 0.6 is 22.9 Å². The van der Waals surface area contributed by atoms with Crippen LogP contribution in [0.1, 0.15) is 23.4 Å². The summed E-state index contributed by atoms with van der Waals surface area (Å²) in [5.74, 6) is 1.45. The molecule has 4 rings (SSSR count). The van der Waals surface area contributed by atoms with Gasteiger partial charge in [0.1, 0.15) is 0 Å². The van der Waals surface area contributed by atoms with Gasteiger partial charge in [0.25, 0.3) is 0 Å². The minimum Gasteiger partial charge on any atom is -0.340 e. The molecule has 3 heterocycles. The van der Waals surface area contributed by atoms with E-state index in [9.17, 15) is 4.79 Å². The van der Waals surface area contributed by atoms with Gasteiger partial charge in [0.2, 0.25) is 17.6 Å². The molecule has 0 spiro atoms. The Morgan fingerprint density at radius 2 is 2.07 bits per heavy atom. The third-order valence-electron chi connectivity index (χ3n) is 5.16. The van der Waals surface area contributed by atoms with Crippen LogP contribution < -0.4 is 0 Å². The summed E-state index contributed by atoms with van der Waals surface area (Å²) < 4.78 is 5.38. The number of carbonyl (C=O) groups is 1. The quantitative estimate of drug-likeness (QED) is 0.590. The summed E-state index contributed by atoms with van der Waals surface area (Å²) in [5.41, 5.74) is 2.16. The van der Waals surface area contributed by atoms with Crippen LogP contribution in [-0.2, 0) is 17.8 Å². The van der Waals surface area contributed by atoms with E-state index in [-0.39, 0.29) is 5.91 Å². The molecule has 8 heteroatoms. The molecule has 2 aromatic heterocycles. The number of thiophene rings is 1. The topological polar surface area (TPSA) is 62.5 Å². The van der Waals surface area contributed by atoms with Crippen LogP contribution in [0, 0.1) is 6.92 Å². The maximum atomic E-state index is 12.6. The fourth-order valence-corrected chi connectivity index (χ4v) is 4.23. The highest BCUT2D eigenvalue weighted by Crippen LogP contribution is 2.22. The summed E-state index contributed by atoms with van der Waals surface area (Å²) in [6.07, 6.45) is 1.22. The van der Waals surface area contributed by atoms with Gasteiger partial charge in [-0.15, -0.1) is 11.3 Å². The Balaban J connectivity index is 1.23. The summed E-state index contributed by atoms with van der Waals surface area (Å²) in [4.78, 5) is 22.2. The molecule has 6 nitrogen and oxygen atoms in total. The van der Waals surface area contributed by atoms with E-state index in [1.165, 1.54) is 0 Å². The molecular weight excluding hydrogens is 408 g/mol. The maximum absolute atomic E-state index is 12.6. The highest BCUT2D eigenvalue weighted by Gasteiger charge is 2.22. The van der Waals surface area contributed by atoms with Crippen LogP contribution in [0.5, 0.6) is 0 Å². The van der Waals surface area contributed by atoms with Gasteiger partial charge >= 0.3 is 0 Å². The molecule has 1 amide bonds. The van der Waals surface area contributed by atoms with Gasteiger partial charge in [-0.2, -0.15) is 4.98 Å². The molecule has 1 saturated heterocycles. The van der Waals surface area contributed by atoms with Gasteiger partial charge in [0, 0.05) is 37.6 Å².